The van der Waals surface area contributed by atoms with Crippen LogP contribution in [0.4, 0.5) is 17.1 Å². The summed E-state index contributed by atoms with van der Waals surface area (Å²) in [6, 6.07) is 5.36. The minimum absolute atomic E-state index is 0.0473. The van der Waals surface area contributed by atoms with E-state index in [1.54, 1.807) is 6.07 Å². The number of rotatable bonds is 6. The molecule has 0 bridgehead atoms. The van der Waals surface area contributed by atoms with Crippen LogP contribution in [0.15, 0.2) is 18.2 Å². The number of hydrogen-bond donors (Lipinski definition) is 2. The van der Waals surface area contributed by atoms with Gasteiger partial charge in [-0.15, -0.1) is 0 Å². The normalized spacial score (nSPS) is 18.7. The van der Waals surface area contributed by atoms with Crippen molar-refractivity contribution in [1.82, 2.24) is 4.90 Å². The van der Waals surface area contributed by atoms with E-state index in [1.165, 1.54) is 18.9 Å². The Morgan fingerprint density at radius 3 is 2.90 bits per heavy atom. The Labute approximate surface area is 124 Å². The van der Waals surface area contributed by atoms with Gasteiger partial charge in [0.2, 0.25) is 0 Å². The third-order valence-electron chi connectivity index (χ3n) is 4.11. The molecule has 0 amide bonds. The summed E-state index contributed by atoms with van der Waals surface area (Å²) in [4.78, 5) is 15.1. The molecule has 1 saturated heterocycles. The fraction of sp³-hybridized carbons (Fsp3) is 0.571. The Hall–Kier alpha value is -1.86. The molecule has 1 aliphatic rings. The first kappa shape index (κ1) is 15.5. The van der Waals surface area contributed by atoms with Gasteiger partial charge < -0.3 is 10.3 Å². The number of nitro benzene ring substituents is 1. The molecule has 1 aliphatic heterocycles. The largest absolute Gasteiger partial charge is 0.373 e. The molecule has 0 aliphatic carbocycles. The Balaban J connectivity index is 2.16. The van der Waals surface area contributed by atoms with Crippen molar-refractivity contribution in [3.63, 3.8) is 0 Å². The number of nitrogen functional groups attached to an aromatic ring is 1. The number of nitrogens with two attached hydrogens (primary N) is 1. The van der Waals surface area contributed by atoms with Crippen LogP contribution in [0.25, 0.3) is 0 Å². The third-order valence-corrected chi connectivity index (χ3v) is 4.11. The van der Waals surface area contributed by atoms with Crippen LogP contribution in [0.2, 0.25) is 0 Å². The zero-order valence-electron chi connectivity index (χ0n) is 12.6. The first-order chi connectivity index (χ1) is 10.0. The summed E-state index contributed by atoms with van der Waals surface area (Å²) in [6.07, 6.45) is 2.39. The van der Waals surface area contributed by atoms with Crippen LogP contribution in [-0.2, 0) is 0 Å². The predicted octanol–water partition coefficient (Wildman–Crippen LogP) is 1.80. The number of nitro groups is 1. The topological polar surface area (TPSA) is 87.7 Å². The van der Waals surface area contributed by atoms with Gasteiger partial charge in [0.05, 0.1) is 10.6 Å². The van der Waals surface area contributed by atoms with Crippen LogP contribution >= 0.6 is 0 Å². The monoisotopic (exact) mass is 293 g/mol. The van der Waals surface area contributed by atoms with Gasteiger partial charge in [-0.05, 0) is 32.0 Å². The maximum Gasteiger partial charge on any atom is 0.273 e. The van der Waals surface area contributed by atoms with Crippen LogP contribution in [0.3, 0.4) is 0 Å². The highest BCUT2D eigenvalue weighted by Crippen LogP contribution is 2.27. The van der Waals surface area contributed by atoms with E-state index >= 15 is 0 Å². The number of hydrazine groups is 1. The fourth-order valence-corrected chi connectivity index (χ4v) is 2.94. The Morgan fingerprint density at radius 1 is 1.52 bits per heavy atom. The van der Waals surface area contributed by atoms with Crippen molar-refractivity contribution in [2.24, 2.45) is 5.84 Å². The van der Waals surface area contributed by atoms with E-state index in [0.29, 0.717) is 11.7 Å². The van der Waals surface area contributed by atoms with Gasteiger partial charge in [-0.3, -0.25) is 20.9 Å². The molecule has 1 atom stereocenters. The maximum atomic E-state index is 11.0. The van der Waals surface area contributed by atoms with E-state index in [4.69, 9.17) is 5.84 Å². The number of nitrogens with one attached hydrogen (secondary N) is 1. The number of anilines is 2. The van der Waals surface area contributed by atoms with Gasteiger partial charge in [0.1, 0.15) is 0 Å². The lowest BCUT2D eigenvalue weighted by Crippen LogP contribution is -2.38. The summed E-state index contributed by atoms with van der Waals surface area (Å²) in [5, 5.41) is 11.0. The van der Waals surface area contributed by atoms with E-state index in [2.05, 4.69) is 22.1 Å². The number of non-ortho nitro benzene ring substituents is 1. The molecule has 1 aromatic rings. The molecule has 21 heavy (non-hydrogen) atoms. The molecule has 1 heterocycles. The lowest BCUT2D eigenvalue weighted by atomic mass is 10.2. The summed E-state index contributed by atoms with van der Waals surface area (Å²) in [7, 11) is 1.96. The second-order valence-electron chi connectivity index (χ2n) is 5.44. The van der Waals surface area contributed by atoms with E-state index in [-0.39, 0.29) is 5.69 Å². The predicted molar refractivity (Wildman–Crippen MR) is 84.4 cm³/mol. The SMILES string of the molecule is CCN1CCCC1CN(C)c1cc(NN)cc([N+](=O)[O-])c1. The molecule has 1 fully saturated rings. The summed E-state index contributed by atoms with van der Waals surface area (Å²) >= 11 is 0. The molecule has 0 spiro atoms. The molecule has 3 N–H and O–H groups in total. The maximum absolute atomic E-state index is 11.0. The molecular weight excluding hydrogens is 270 g/mol. The molecule has 0 radical (unpaired) electrons. The van der Waals surface area contributed by atoms with Crippen molar-refractivity contribution in [2.45, 2.75) is 25.8 Å². The molecule has 0 saturated carbocycles. The zero-order chi connectivity index (χ0) is 15.4. The molecule has 0 aromatic heterocycles. The highest BCUT2D eigenvalue weighted by atomic mass is 16.6. The quantitative estimate of drug-likeness (QED) is 0.472. The van der Waals surface area contributed by atoms with Gasteiger partial charge in [-0.25, -0.2) is 0 Å². The Morgan fingerprint density at radius 2 is 2.29 bits per heavy atom. The van der Waals surface area contributed by atoms with Gasteiger partial charge >= 0.3 is 0 Å². The second kappa shape index (κ2) is 6.73. The standard InChI is InChI=1S/C14H23N5O2/c1-3-18-6-4-5-12(18)10-17(2)13-7-11(16-15)8-14(9-13)19(20)21/h7-9,12,16H,3-6,10,15H2,1-2H3. The van der Waals surface area contributed by atoms with Crippen LogP contribution in [0.1, 0.15) is 19.8 Å². The molecular formula is C14H23N5O2. The Kier molecular flexibility index (Phi) is 4.98. The van der Waals surface area contributed by atoms with Crippen LogP contribution < -0.4 is 16.2 Å². The molecule has 116 valence electrons. The minimum atomic E-state index is -0.397. The molecule has 1 unspecified atom stereocenters. The smallest absolute Gasteiger partial charge is 0.273 e. The van der Waals surface area contributed by atoms with Crippen molar-refractivity contribution in [2.75, 3.05) is 37.0 Å². The summed E-state index contributed by atoms with van der Waals surface area (Å²) in [5.41, 5.74) is 3.89. The highest BCUT2D eigenvalue weighted by molar-refractivity contribution is 5.64. The van der Waals surface area contributed by atoms with Crippen LogP contribution in [0, 0.1) is 10.1 Å². The second-order valence-corrected chi connectivity index (χ2v) is 5.44. The van der Waals surface area contributed by atoms with E-state index in [1.807, 2.05) is 13.1 Å². The van der Waals surface area contributed by atoms with E-state index in [9.17, 15) is 10.1 Å². The zero-order valence-corrected chi connectivity index (χ0v) is 12.6. The van der Waals surface area contributed by atoms with Gasteiger partial charge in [0.25, 0.3) is 5.69 Å². The first-order valence-corrected chi connectivity index (χ1v) is 7.26. The minimum Gasteiger partial charge on any atom is -0.373 e. The van der Waals surface area contributed by atoms with Crippen LogP contribution in [0.5, 0.6) is 0 Å². The van der Waals surface area contributed by atoms with Crippen molar-refractivity contribution in [3.8, 4) is 0 Å². The third kappa shape index (κ3) is 3.62. The summed E-state index contributed by atoms with van der Waals surface area (Å²) in [6.45, 7) is 5.21. The fourth-order valence-electron chi connectivity index (χ4n) is 2.94. The molecule has 7 nitrogen and oxygen atoms in total. The number of benzene rings is 1. The van der Waals surface area contributed by atoms with Crippen molar-refractivity contribution >= 4 is 17.1 Å². The van der Waals surface area contributed by atoms with E-state index in [0.717, 1.165) is 25.3 Å². The van der Waals surface area contributed by atoms with Gasteiger partial charge in [-0.1, -0.05) is 6.92 Å². The van der Waals surface area contributed by atoms with Crippen molar-refractivity contribution in [1.29, 1.82) is 0 Å². The molecule has 7 heteroatoms. The first-order valence-electron chi connectivity index (χ1n) is 7.26. The molecule has 1 aromatic carbocycles. The highest BCUT2D eigenvalue weighted by Gasteiger charge is 2.24. The lowest BCUT2D eigenvalue weighted by Gasteiger charge is -2.29. The number of likely N-dealkylation sites (tertiary alicyclic amines) is 1. The average molecular weight is 293 g/mol. The van der Waals surface area contributed by atoms with E-state index < -0.39 is 4.92 Å². The van der Waals surface area contributed by atoms with Gasteiger partial charge in [0.15, 0.2) is 0 Å². The molecule has 2 rings (SSSR count). The van der Waals surface area contributed by atoms with Gasteiger partial charge in [0, 0.05) is 37.5 Å². The van der Waals surface area contributed by atoms with Gasteiger partial charge in [-0.2, -0.15) is 0 Å². The lowest BCUT2D eigenvalue weighted by molar-refractivity contribution is -0.384. The number of nitrogens with zero attached hydrogens (tertiary/aromatic N) is 3. The number of likely N-dealkylation sites (N-methyl/N-ethyl adjacent to an activating group) is 2. The number of hydrogen-bond acceptors (Lipinski definition) is 6. The summed E-state index contributed by atoms with van der Waals surface area (Å²) in [5.74, 6) is 5.40. The summed E-state index contributed by atoms with van der Waals surface area (Å²) < 4.78 is 0. The van der Waals surface area contributed by atoms with Crippen LogP contribution in [-0.4, -0.2) is 42.5 Å². The van der Waals surface area contributed by atoms with Crippen molar-refractivity contribution < 1.29 is 4.92 Å². The Bertz CT molecular complexity index is 508. The van der Waals surface area contributed by atoms with Crippen molar-refractivity contribution in [3.05, 3.63) is 28.3 Å². The average Bonchev–Trinajstić information content (AvgIpc) is 2.93.